The quantitative estimate of drug-likeness (QED) is 0.621. The number of carbonyl (C=O) groups excluding carboxylic acids is 1. The van der Waals surface area contributed by atoms with Crippen molar-refractivity contribution in [3.63, 3.8) is 0 Å². The molecule has 152 valence electrons. The molecule has 0 aliphatic carbocycles. The van der Waals surface area contributed by atoms with Crippen LogP contribution in [-0.4, -0.2) is 23.9 Å². The van der Waals surface area contributed by atoms with Crippen LogP contribution in [0.25, 0.3) is 0 Å². The second-order valence-electron chi connectivity index (χ2n) is 7.13. The van der Waals surface area contributed by atoms with Crippen LogP contribution in [-0.2, 0) is 19.5 Å². The molecular formula is C23H26ClN3OS. The Morgan fingerprint density at radius 1 is 1.10 bits per heavy atom. The van der Waals surface area contributed by atoms with Gasteiger partial charge in [0.1, 0.15) is 0 Å². The van der Waals surface area contributed by atoms with Crippen molar-refractivity contribution < 1.29 is 4.79 Å². The summed E-state index contributed by atoms with van der Waals surface area (Å²) in [6.07, 6.45) is 1.07. The number of nitrogens with zero attached hydrogens (tertiary/aromatic N) is 1. The molecule has 3 aromatic rings. The molecule has 6 heteroatoms. The van der Waals surface area contributed by atoms with Crippen LogP contribution in [0.1, 0.15) is 38.0 Å². The van der Waals surface area contributed by atoms with Crippen LogP contribution in [0.5, 0.6) is 0 Å². The van der Waals surface area contributed by atoms with Crippen LogP contribution in [0.2, 0.25) is 0 Å². The number of benzene rings is 2. The van der Waals surface area contributed by atoms with Gasteiger partial charge in [0.15, 0.2) is 0 Å². The minimum Gasteiger partial charge on any atom is -0.350 e. The van der Waals surface area contributed by atoms with E-state index in [1.54, 1.807) is 0 Å². The van der Waals surface area contributed by atoms with E-state index >= 15 is 0 Å². The van der Waals surface area contributed by atoms with Crippen LogP contribution < -0.4 is 11.1 Å². The fourth-order valence-corrected chi connectivity index (χ4v) is 4.64. The number of thiophene rings is 1. The van der Waals surface area contributed by atoms with Gasteiger partial charge in [0.25, 0.3) is 5.91 Å². The van der Waals surface area contributed by atoms with Gasteiger partial charge in [-0.1, -0.05) is 42.5 Å². The maximum absolute atomic E-state index is 12.7. The number of hydrogen-bond donors (Lipinski definition) is 2. The van der Waals surface area contributed by atoms with Gasteiger partial charge in [-0.25, -0.2) is 0 Å². The van der Waals surface area contributed by atoms with Crippen LogP contribution >= 0.6 is 23.7 Å². The first kappa shape index (κ1) is 21.5. The smallest absolute Gasteiger partial charge is 0.251 e. The van der Waals surface area contributed by atoms with Gasteiger partial charge < -0.3 is 11.1 Å². The molecule has 2 heterocycles. The summed E-state index contributed by atoms with van der Waals surface area (Å²) in [5, 5.41) is 5.32. The summed E-state index contributed by atoms with van der Waals surface area (Å²) in [5.74, 6) is -0.0438. The van der Waals surface area contributed by atoms with E-state index in [-0.39, 0.29) is 24.4 Å². The number of nitrogens with two attached hydrogens (primary N) is 1. The number of amides is 1. The fourth-order valence-electron chi connectivity index (χ4n) is 3.75. The van der Waals surface area contributed by atoms with Crippen LogP contribution in [0.4, 0.5) is 0 Å². The average Bonchev–Trinajstić information content (AvgIpc) is 3.22. The molecule has 4 rings (SSSR count). The maximum Gasteiger partial charge on any atom is 0.251 e. The van der Waals surface area contributed by atoms with Gasteiger partial charge in [-0.3, -0.25) is 9.69 Å². The lowest BCUT2D eigenvalue weighted by molar-refractivity contribution is 0.0928. The van der Waals surface area contributed by atoms with Crippen LogP contribution in [0, 0.1) is 0 Å². The molecule has 1 unspecified atom stereocenters. The summed E-state index contributed by atoms with van der Waals surface area (Å²) in [6, 6.07) is 20.3. The molecule has 1 aromatic heterocycles. The highest BCUT2D eigenvalue weighted by Gasteiger charge is 2.26. The van der Waals surface area contributed by atoms with Crippen molar-refractivity contribution in [2.75, 3.05) is 13.1 Å². The van der Waals surface area contributed by atoms with Crippen LogP contribution in [0.3, 0.4) is 0 Å². The lowest BCUT2D eigenvalue weighted by Gasteiger charge is -2.35. The van der Waals surface area contributed by atoms with Crippen molar-refractivity contribution in [2.45, 2.75) is 25.6 Å². The lowest BCUT2D eigenvalue weighted by atomic mass is 10.0. The summed E-state index contributed by atoms with van der Waals surface area (Å²) in [5.41, 5.74) is 9.99. The molecular weight excluding hydrogens is 402 g/mol. The topological polar surface area (TPSA) is 58.4 Å². The van der Waals surface area contributed by atoms with Gasteiger partial charge in [0.05, 0.1) is 6.04 Å². The molecule has 29 heavy (non-hydrogen) atoms. The van der Waals surface area contributed by atoms with Gasteiger partial charge in [-0.05, 0) is 46.7 Å². The molecule has 1 amide bonds. The van der Waals surface area contributed by atoms with Gasteiger partial charge >= 0.3 is 0 Å². The Labute approximate surface area is 182 Å². The third kappa shape index (κ3) is 5.06. The zero-order chi connectivity index (χ0) is 19.3. The minimum absolute atomic E-state index is 0. The van der Waals surface area contributed by atoms with Gasteiger partial charge in [-0.15, -0.1) is 23.7 Å². The summed E-state index contributed by atoms with van der Waals surface area (Å²) < 4.78 is 0. The predicted octanol–water partition coefficient (Wildman–Crippen LogP) is 4.16. The fraction of sp³-hybridized carbons (Fsp3) is 0.261. The highest BCUT2D eigenvalue weighted by Crippen LogP contribution is 2.30. The van der Waals surface area contributed by atoms with Gasteiger partial charge in [0, 0.05) is 36.6 Å². The number of rotatable bonds is 6. The number of fused-ring (bicyclic) bond motifs is 1. The first-order chi connectivity index (χ1) is 13.7. The molecule has 0 fully saturated rings. The second-order valence-corrected chi connectivity index (χ2v) is 8.13. The largest absolute Gasteiger partial charge is 0.350 e. The van der Waals surface area contributed by atoms with Crippen molar-refractivity contribution in [3.05, 3.63) is 93.2 Å². The molecule has 0 radical (unpaired) electrons. The Morgan fingerprint density at radius 2 is 1.86 bits per heavy atom. The summed E-state index contributed by atoms with van der Waals surface area (Å²) in [7, 11) is 0. The molecule has 1 aliphatic heterocycles. The Hall–Kier alpha value is -2.18. The molecule has 1 atom stereocenters. The Kier molecular flexibility index (Phi) is 7.45. The average molecular weight is 428 g/mol. The third-order valence-corrected chi connectivity index (χ3v) is 6.39. The minimum atomic E-state index is -0.0438. The van der Waals surface area contributed by atoms with E-state index in [1.807, 2.05) is 41.7 Å². The summed E-state index contributed by atoms with van der Waals surface area (Å²) in [6.45, 7) is 3.01. The summed E-state index contributed by atoms with van der Waals surface area (Å²) >= 11 is 1.85. The lowest BCUT2D eigenvalue weighted by Crippen LogP contribution is -2.40. The van der Waals surface area contributed by atoms with E-state index in [0.717, 1.165) is 25.1 Å². The second kappa shape index (κ2) is 10.0. The number of halogens is 1. The van der Waals surface area contributed by atoms with E-state index in [2.05, 4.69) is 45.9 Å². The Bertz CT molecular complexity index is 927. The first-order valence-electron chi connectivity index (χ1n) is 9.66. The molecule has 4 nitrogen and oxygen atoms in total. The first-order valence-corrected chi connectivity index (χ1v) is 10.5. The van der Waals surface area contributed by atoms with E-state index in [0.29, 0.717) is 18.7 Å². The normalized spacial score (nSPS) is 14.5. The summed E-state index contributed by atoms with van der Waals surface area (Å²) in [4.78, 5) is 16.6. The number of carbonyl (C=O) groups is 1. The molecule has 0 spiro atoms. The number of hydrogen-bond acceptors (Lipinski definition) is 4. The van der Waals surface area contributed by atoms with Crippen molar-refractivity contribution in [2.24, 2.45) is 5.73 Å². The van der Waals surface area contributed by atoms with E-state index in [4.69, 9.17) is 5.73 Å². The van der Waals surface area contributed by atoms with E-state index < -0.39 is 0 Å². The maximum atomic E-state index is 12.7. The van der Waals surface area contributed by atoms with Crippen molar-refractivity contribution in [1.29, 1.82) is 0 Å². The zero-order valence-electron chi connectivity index (χ0n) is 16.2. The third-order valence-electron chi connectivity index (χ3n) is 5.37. The van der Waals surface area contributed by atoms with E-state index in [9.17, 15) is 4.79 Å². The van der Waals surface area contributed by atoms with Crippen molar-refractivity contribution in [1.82, 2.24) is 10.2 Å². The van der Waals surface area contributed by atoms with Gasteiger partial charge in [-0.2, -0.15) is 0 Å². The standard InChI is InChI=1S/C23H25N3OS.ClH/c24-14-17-6-8-19(9-7-17)23(27)25-15-21(18-4-2-1-3-5-18)26-12-10-22-20(16-26)11-13-28-22;/h1-9,11,13,21H,10,12,14-16,24H2,(H,25,27);1H. The van der Waals surface area contributed by atoms with Crippen molar-refractivity contribution in [3.8, 4) is 0 Å². The molecule has 0 bridgehead atoms. The number of nitrogens with one attached hydrogen (secondary N) is 1. The molecule has 0 saturated heterocycles. The SMILES string of the molecule is Cl.NCc1ccc(C(=O)NCC(c2ccccc2)N2CCc3sccc3C2)cc1. The van der Waals surface area contributed by atoms with Crippen LogP contribution in [0.15, 0.2) is 66.0 Å². The highest BCUT2D eigenvalue weighted by molar-refractivity contribution is 7.10. The van der Waals surface area contributed by atoms with E-state index in [1.165, 1.54) is 16.0 Å². The highest BCUT2D eigenvalue weighted by atomic mass is 35.5. The molecule has 2 aromatic carbocycles. The Morgan fingerprint density at radius 3 is 2.59 bits per heavy atom. The molecule has 0 saturated carbocycles. The predicted molar refractivity (Wildman–Crippen MR) is 122 cm³/mol. The zero-order valence-corrected chi connectivity index (χ0v) is 17.8. The van der Waals surface area contributed by atoms with Crippen molar-refractivity contribution >= 4 is 29.7 Å². The monoisotopic (exact) mass is 427 g/mol. The van der Waals surface area contributed by atoms with Gasteiger partial charge in [0.2, 0.25) is 0 Å². The Balaban J connectivity index is 0.00000240. The molecule has 3 N–H and O–H groups in total. The molecule has 1 aliphatic rings.